The van der Waals surface area contributed by atoms with Gasteiger partial charge in [-0.3, -0.25) is 4.79 Å². The molecule has 4 rings (SSSR count). The zero-order chi connectivity index (χ0) is 19.0. The molecule has 0 spiro atoms. The van der Waals surface area contributed by atoms with Crippen molar-refractivity contribution in [3.63, 3.8) is 0 Å². The van der Waals surface area contributed by atoms with Gasteiger partial charge in [0.1, 0.15) is 22.2 Å². The lowest BCUT2D eigenvalue weighted by Gasteiger charge is -2.17. The van der Waals surface area contributed by atoms with Crippen molar-refractivity contribution in [2.45, 2.75) is 26.2 Å². The molecule has 1 atom stereocenters. The summed E-state index contributed by atoms with van der Waals surface area (Å²) < 4.78 is 10.6. The summed E-state index contributed by atoms with van der Waals surface area (Å²) in [4.78, 5) is 22.4. The van der Waals surface area contributed by atoms with E-state index in [1.54, 1.807) is 25.6 Å². The molecule has 2 aromatic heterocycles. The predicted octanol–water partition coefficient (Wildman–Crippen LogP) is 4.30. The van der Waals surface area contributed by atoms with E-state index in [0.717, 1.165) is 40.8 Å². The topological polar surface area (TPSA) is 64.2 Å². The number of nitrogens with one attached hydrogen (secondary N) is 1. The highest BCUT2D eigenvalue weighted by Gasteiger charge is 2.22. The first-order valence-electron chi connectivity index (χ1n) is 9.03. The fourth-order valence-electron chi connectivity index (χ4n) is 3.57. The van der Waals surface area contributed by atoms with Gasteiger partial charge in [0.25, 0.3) is 5.56 Å². The monoisotopic (exact) mass is 382 g/mol. The number of rotatable bonds is 4. The van der Waals surface area contributed by atoms with Crippen molar-refractivity contribution in [2.75, 3.05) is 14.2 Å². The van der Waals surface area contributed by atoms with Gasteiger partial charge in [-0.2, -0.15) is 0 Å². The number of thiophene rings is 1. The first-order valence-corrected chi connectivity index (χ1v) is 9.85. The molecule has 140 valence electrons. The Balaban J connectivity index is 1.71. The second-order valence-electron chi connectivity index (χ2n) is 6.92. The van der Waals surface area contributed by atoms with Gasteiger partial charge in [0.15, 0.2) is 0 Å². The number of fused-ring (bicyclic) bond motifs is 3. The van der Waals surface area contributed by atoms with Crippen LogP contribution in [0.4, 0.5) is 0 Å². The van der Waals surface area contributed by atoms with Crippen molar-refractivity contribution < 1.29 is 9.47 Å². The summed E-state index contributed by atoms with van der Waals surface area (Å²) in [5, 5.41) is 0.779. The second kappa shape index (κ2) is 7.19. The maximum Gasteiger partial charge on any atom is 0.260 e. The second-order valence-corrected chi connectivity index (χ2v) is 8.01. The minimum atomic E-state index is -0.0478. The zero-order valence-corrected chi connectivity index (χ0v) is 16.5. The number of aromatic nitrogens is 2. The van der Waals surface area contributed by atoms with E-state index in [4.69, 9.17) is 9.47 Å². The van der Waals surface area contributed by atoms with Crippen LogP contribution in [0.25, 0.3) is 22.4 Å². The predicted molar refractivity (Wildman–Crippen MR) is 110 cm³/mol. The quantitative estimate of drug-likeness (QED) is 0.731. The molecule has 0 bridgehead atoms. The van der Waals surface area contributed by atoms with Crippen molar-refractivity contribution in [1.29, 1.82) is 0 Å². The lowest BCUT2D eigenvalue weighted by Crippen LogP contribution is -2.13. The molecule has 6 heteroatoms. The van der Waals surface area contributed by atoms with Crippen LogP contribution < -0.4 is 15.0 Å². The van der Waals surface area contributed by atoms with Crippen LogP contribution in [0.15, 0.2) is 23.0 Å². The molecule has 0 saturated heterocycles. The number of methoxy groups -OCH3 is 2. The molecular formula is C21H22N2O3S. The van der Waals surface area contributed by atoms with Crippen LogP contribution in [0.1, 0.15) is 35.2 Å². The number of hydrogen-bond donors (Lipinski definition) is 1. The van der Waals surface area contributed by atoms with Gasteiger partial charge in [-0.1, -0.05) is 6.92 Å². The number of aryl methyl sites for hydroxylation is 1. The summed E-state index contributed by atoms with van der Waals surface area (Å²) in [6.45, 7) is 2.27. The molecule has 0 amide bonds. The minimum absolute atomic E-state index is 0.0478. The summed E-state index contributed by atoms with van der Waals surface area (Å²) in [6, 6.07) is 5.61. The third-order valence-electron chi connectivity index (χ3n) is 5.05. The molecule has 1 aliphatic rings. The first-order chi connectivity index (χ1) is 13.1. The van der Waals surface area contributed by atoms with E-state index in [1.807, 2.05) is 30.4 Å². The normalized spacial score (nSPS) is 16.6. The van der Waals surface area contributed by atoms with Gasteiger partial charge in [0, 0.05) is 16.5 Å². The van der Waals surface area contributed by atoms with E-state index in [0.29, 0.717) is 17.5 Å². The molecule has 3 aromatic rings. The Morgan fingerprint density at radius 3 is 2.89 bits per heavy atom. The Bertz CT molecular complexity index is 1080. The average Bonchev–Trinajstić information content (AvgIpc) is 3.03. The Kier molecular flexibility index (Phi) is 4.74. The van der Waals surface area contributed by atoms with Gasteiger partial charge in [-0.15, -0.1) is 11.3 Å². The number of H-pyrrole nitrogens is 1. The molecule has 0 unspecified atom stereocenters. The number of hydrogen-bond acceptors (Lipinski definition) is 5. The van der Waals surface area contributed by atoms with E-state index in [-0.39, 0.29) is 5.56 Å². The van der Waals surface area contributed by atoms with Crippen LogP contribution in [-0.4, -0.2) is 24.2 Å². The molecular weight excluding hydrogens is 360 g/mol. The maximum atomic E-state index is 12.7. The summed E-state index contributed by atoms with van der Waals surface area (Å²) >= 11 is 1.66. The van der Waals surface area contributed by atoms with E-state index in [1.165, 1.54) is 10.4 Å². The Morgan fingerprint density at radius 2 is 2.11 bits per heavy atom. The van der Waals surface area contributed by atoms with E-state index in [9.17, 15) is 4.79 Å². The molecule has 0 saturated carbocycles. The Morgan fingerprint density at radius 1 is 1.26 bits per heavy atom. The van der Waals surface area contributed by atoms with Gasteiger partial charge >= 0.3 is 0 Å². The highest BCUT2D eigenvalue weighted by molar-refractivity contribution is 7.18. The largest absolute Gasteiger partial charge is 0.497 e. The maximum absolute atomic E-state index is 12.7. The summed E-state index contributed by atoms with van der Waals surface area (Å²) in [6.07, 6.45) is 6.85. The van der Waals surface area contributed by atoms with Gasteiger partial charge in [0.2, 0.25) is 0 Å². The number of aromatic amines is 1. The fraction of sp³-hybridized carbons (Fsp3) is 0.333. The van der Waals surface area contributed by atoms with Crippen LogP contribution in [0.3, 0.4) is 0 Å². The highest BCUT2D eigenvalue weighted by Crippen LogP contribution is 2.35. The van der Waals surface area contributed by atoms with E-state index in [2.05, 4.69) is 16.9 Å². The molecule has 27 heavy (non-hydrogen) atoms. The SMILES string of the molecule is COc1ccc(/C=C/c2nc3sc4c(c3c(=O)[nH]2)CC[C@@H](C)C4)c(OC)c1. The average molecular weight is 382 g/mol. The molecule has 1 N–H and O–H groups in total. The van der Waals surface area contributed by atoms with Crippen LogP contribution >= 0.6 is 11.3 Å². The number of ether oxygens (including phenoxy) is 2. The van der Waals surface area contributed by atoms with Crippen LogP contribution in [0.5, 0.6) is 11.5 Å². The van der Waals surface area contributed by atoms with Crippen LogP contribution in [-0.2, 0) is 12.8 Å². The van der Waals surface area contributed by atoms with Crippen molar-refractivity contribution in [3.8, 4) is 11.5 Å². The molecule has 0 radical (unpaired) electrons. The summed E-state index contributed by atoms with van der Waals surface area (Å²) in [5.41, 5.74) is 2.04. The fourth-order valence-corrected chi connectivity index (χ4v) is 4.96. The standard InChI is InChI=1S/C21H22N2O3S/c1-12-4-8-15-17(10-12)27-21-19(15)20(24)22-18(23-21)9-6-13-5-7-14(25-2)11-16(13)26-3/h5-7,9,11-12H,4,8,10H2,1-3H3,(H,22,23,24)/b9-6+/t12-/m1/s1. The highest BCUT2D eigenvalue weighted by atomic mass is 32.1. The van der Waals surface area contributed by atoms with Crippen molar-refractivity contribution in [2.24, 2.45) is 5.92 Å². The third-order valence-corrected chi connectivity index (χ3v) is 6.19. The van der Waals surface area contributed by atoms with Gasteiger partial charge in [-0.25, -0.2) is 4.98 Å². The van der Waals surface area contributed by atoms with Gasteiger partial charge in [-0.05, 0) is 55.0 Å². The Labute approximate surface area is 161 Å². The van der Waals surface area contributed by atoms with Gasteiger partial charge < -0.3 is 14.5 Å². The lowest BCUT2D eigenvalue weighted by molar-refractivity contribution is 0.394. The molecule has 0 fully saturated rings. The van der Waals surface area contributed by atoms with Crippen LogP contribution in [0, 0.1) is 5.92 Å². The van der Waals surface area contributed by atoms with E-state index < -0.39 is 0 Å². The van der Waals surface area contributed by atoms with Crippen molar-refractivity contribution >= 4 is 33.7 Å². The van der Waals surface area contributed by atoms with E-state index >= 15 is 0 Å². The van der Waals surface area contributed by atoms with Crippen molar-refractivity contribution in [1.82, 2.24) is 9.97 Å². The molecule has 2 heterocycles. The number of benzene rings is 1. The minimum Gasteiger partial charge on any atom is -0.497 e. The van der Waals surface area contributed by atoms with Gasteiger partial charge in [0.05, 0.1) is 19.6 Å². The third kappa shape index (κ3) is 3.37. The molecule has 0 aliphatic heterocycles. The molecule has 5 nitrogen and oxygen atoms in total. The van der Waals surface area contributed by atoms with Crippen molar-refractivity contribution in [3.05, 3.63) is 50.4 Å². The summed E-state index contributed by atoms with van der Waals surface area (Å²) in [7, 11) is 3.24. The van der Waals surface area contributed by atoms with Crippen LogP contribution in [0.2, 0.25) is 0 Å². The number of nitrogens with zero attached hydrogens (tertiary/aromatic N) is 1. The first kappa shape index (κ1) is 17.8. The smallest absolute Gasteiger partial charge is 0.260 e. The Hall–Kier alpha value is -2.60. The summed E-state index contributed by atoms with van der Waals surface area (Å²) in [5.74, 6) is 2.66. The molecule has 1 aliphatic carbocycles. The lowest BCUT2D eigenvalue weighted by atomic mass is 9.89. The zero-order valence-electron chi connectivity index (χ0n) is 15.7. The molecule has 1 aromatic carbocycles.